The second-order valence-electron chi connectivity index (χ2n) is 8.87. The van der Waals surface area contributed by atoms with Crippen molar-refractivity contribution in [3.63, 3.8) is 0 Å². The van der Waals surface area contributed by atoms with Crippen molar-refractivity contribution >= 4 is 27.5 Å². The highest BCUT2D eigenvalue weighted by atomic mass is 32.2. The molecule has 1 saturated carbocycles. The normalized spacial score (nSPS) is 19.0. The Morgan fingerprint density at radius 1 is 1.13 bits per heavy atom. The minimum absolute atomic E-state index is 0.0566. The number of benzene rings is 1. The number of nitrogens with one attached hydrogen (secondary N) is 3. The highest BCUT2D eigenvalue weighted by molar-refractivity contribution is 7.89. The minimum Gasteiger partial charge on any atom is -0.352 e. The number of fused-ring (bicyclic) bond motifs is 1. The van der Waals surface area contributed by atoms with E-state index in [1.807, 2.05) is 13.8 Å². The number of amides is 2. The third-order valence-corrected chi connectivity index (χ3v) is 7.25. The fourth-order valence-electron chi connectivity index (χ4n) is 4.20. The van der Waals surface area contributed by atoms with Gasteiger partial charge in [-0.05, 0) is 61.8 Å². The Labute approximate surface area is 179 Å². The number of carbonyl (C=O) groups is 2. The van der Waals surface area contributed by atoms with Crippen LogP contribution in [0, 0.1) is 5.92 Å². The van der Waals surface area contributed by atoms with Gasteiger partial charge in [0.25, 0.3) is 0 Å². The molecule has 1 fully saturated rings. The average molecular weight is 436 g/mol. The summed E-state index contributed by atoms with van der Waals surface area (Å²) in [6, 6.07) is 4.04. The number of anilines is 1. The Balaban J connectivity index is 1.76. The Morgan fingerprint density at radius 2 is 1.87 bits per heavy atom. The van der Waals surface area contributed by atoms with Crippen LogP contribution in [0.4, 0.5) is 5.69 Å². The average Bonchev–Trinajstić information content (AvgIpc) is 2.87. The molecule has 166 valence electrons. The van der Waals surface area contributed by atoms with Gasteiger partial charge in [0.2, 0.25) is 21.8 Å². The quantitative estimate of drug-likeness (QED) is 0.612. The van der Waals surface area contributed by atoms with Crippen molar-refractivity contribution in [3.05, 3.63) is 23.8 Å². The van der Waals surface area contributed by atoms with Gasteiger partial charge in [0.15, 0.2) is 0 Å². The molecule has 0 saturated heterocycles. The van der Waals surface area contributed by atoms with Crippen molar-refractivity contribution < 1.29 is 18.0 Å². The lowest BCUT2D eigenvalue weighted by Gasteiger charge is -2.26. The van der Waals surface area contributed by atoms with Gasteiger partial charge in [-0.15, -0.1) is 0 Å². The Morgan fingerprint density at radius 3 is 2.57 bits per heavy atom. The maximum atomic E-state index is 13.1. The molecule has 3 N–H and O–H groups in total. The van der Waals surface area contributed by atoms with E-state index in [1.165, 1.54) is 12.5 Å². The molecule has 2 aliphatic rings. The lowest BCUT2D eigenvalue weighted by atomic mass is 9.95. The van der Waals surface area contributed by atoms with Crippen LogP contribution in [0.2, 0.25) is 0 Å². The molecule has 2 amide bonds. The highest BCUT2D eigenvalue weighted by Gasteiger charge is 2.29. The molecule has 1 atom stereocenters. The van der Waals surface area contributed by atoms with E-state index in [0.717, 1.165) is 31.2 Å². The molecule has 0 unspecified atom stereocenters. The summed E-state index contributed by atoms with van der Waals surface area (Å²) in [5.41, 5.74) is 1.46. The maximum Gasteiger partial charge on any atom is 0.241 e. The van der Waals surface area contributed by atoms with Crippen LogP contribution in [0.1, 0.15) is 70.8 Å². The van der Waals surface area contributed by atoms with Crippen LogP contribution >= 0.6 is 0 Å². The molecule has 3 rings (SSSR count). The number of carbonyl (C=O) groups excluding carboxylic acids is 2. The van der Waals surface area contributed by atoms with Crippen LogP contribution in [0.25, 0.3) is 0 Å². The molecular formula is C22H33N3O4S. The third kappa shape index (κ3) is 6.04. The molecule has 1 heterocycles. The zero-order valence-electron chi connectivity index (χ0n) is 17.9. The van der Waals surface area contributed by atoms with Crippen LogP contribution in [-0.2, 0) is 26.0 Å². The van der Waals surface area contributed by atoms with Crippen LogP contribution in [-0.4, -0.2) is 32.3 Å². The third-order valence-electron chi connectivity index (χ3n) is 5.78. The molecular weight excluding hydrogens is 402 g/mol. The number of aryl methyl sites for hydroxylation is 1. The topological polar surface area (TPSA) is 104 Å². The van der Waals surface area contributed by atoms with Crippen molar-refractivity contribution in [2.45, 2.75) is 88.6 Å². The van der Waals surface area contributed by atoms with Crippen molar-refractivity contribution in [2.75, 3.05) is 5.32 Å². The summed E-state index contributed by atoms with van der Waals surface area (Å²) in [5, 5.41) is 5.86. The largest absolute Gasteiger partial charge is 0.352 e. The van der Waals surface area contributed by atoms with Crippen molar-refractivity contribution in [3.8, 4) is 0 Å². The SMILES string of the molecule is CC(C)C[C@H](NS(=O)(=O)c1ccc2c(c1)CCCC(=O)N2)C(=O)NC1CCCCC1. The molecule has 8 heteroatoms. The van der Waals surface area contributed by atoms with Gasteiger partial charge in [0.05, 0.1) is 4.90 Å². The van der Waals surface area contributed by atoms with Gasteiger partial charge >= 0.3 is 0 Å². The first-order valence-electron chi connectivity index (χ1n) is 11.0. The van der Waals surface area contributed by atoms with E-state index >= 15 is 0 Å². The van der Waals surface area contributed by atoms with E-state index in [1.54, 1.807) is 12.1 Å². The van der Waals surface area contributed by atoms with E-state index in [0.29, 0.717) is 31.4 Å². The molecule has 1 aliphatic heterocycles. The number of rotatable bonds is 7. The van der Waals surface area contributed by atoms with E-state index in [9.17, 15) is 18.0 Å². The smallest absolute Gasteiger partial charge is 0.241 e. The fraction of sp³-hybridized carbons (Fsp3) is 0.636. The van der Waals surface area contributed by atoms with Crippen LogP contribution < -0.4 is 15.4 Å². The van der Waals surface area contributed by atoms with Crippen LogP contribution in [0.3, 0.4) is 0 Å². The van der Waals surface area contributed by atoms with Crippen molar-refractivity contribution in [1.82, 2.24) is 10.0 Å². The second kappa shape index (κ2) is 9.92. The standard InChI is InChI=1S/C22H33N3O4S/c1-15(2)13-20(22(27)23-17-8-4-3-5-9-17)25-30(28,29)18-11-12-19-16(14-18)7-6-10-21(26)24-19/h11-12,14-15,17,20,25H,3-10,13H2,1-2H3,(H,23,27)(H,24,26)/t20-/m0/s1. The first-order valence-corrected chi connectivity index (χ1v) is 12.5. The monoisotopic (exact) mass is 435 g/mol. The molecule has 0 radical (unpaired) electrons. The zero-order valence-corrected chi connectivity index (χ0v) is 18.7. The van der Waals surface area contributed by atoms with Crippen molar-refractivity contribution in [2.24, 2.45) is 5.92 Å². The van der Waals surface area contributed by atoms with Gasteiger partial charge in [0, 0.05) is 18.2 Å². The zero-order chi connectivity index (χ0) is 21.7. The van der Waals surface area contributed by atoms with Gasteiger partial charge in [-0.1, -0.05) is 33.1 Å². The van der Waals surface area contributed by atoms with E-state index in [2.05, 4.69) is 15.4 Å². The Hall–Kier alpha value is -1.93. The summed E-state index contributed by atoms with van der Waals surface area (Å²) >= 11 is 0. The fourth-order valence-corrected chi connectivity index (χ4v) is 5.46. The molecule has 0 bridgehead atoms. The van der Waals surface area contributed by atoms with Gasteiger partial charge < -0.3 is 10.6 Å². The van der Waals surface area contributed by atoms with Gasteiger partial charge in [-0.25, -0.2) is 8.42 Å². The maximum absolute atomic E-state index is 13.1. The summed E-state index contributed by atoms with van der Waals surface area (Å²) in [6.45, 7) is 3.94. The van der Waals surface area contributed by atoms with E-state index < -0.39 is 16.1 Å². The summed E-state index contributed by atoms with van der Waals surface area (Å²) < 4.78 is 28.8. The molecule has 30 heavy (non-hydrogen) atoms. The van der Waals surface area contributed by atoms with Gasteiger partial charge in [0.1, 0.15) is 6.04 Å². The van der Waals surface area contributed by atoms with Crippen LogP contribution in [0.15, 0.2) is 23.1 Å². The number of hydrogen-bond acceptors (Lipinski definition) is 4. The summed E-state index contributed by atoms with van der Waals surface area (Å²) in [4.78, 5) is 24.7. The molecule has 1 aliphatic carbocycles. The summed E-state index contributed by atoms with van der Waals surface area (Å²) in [6.07, 6.45) is 7.44. The number of sulfonamides is 1. The van der Waals surface area contributed by atoms with Gasteiger partial charge in [-0.3, -0.25) is 9.59 Å². The van der Waals surface area contributed by atoms with Gasteiger partial charge in [-0.2, -0.15) is 4.72 Å². The first-order chi connectivity index (χ1) is 14.2. The van der Waals surface area contributed by atoms with E-state index in [-0.39, 0.29) is 28.7 Å². The number of hydrogen-bond donors (Lipinski definition) is 3. The molecule has 7 nitrogen and oxygen atoms in total. The Kier molecular flexibility index (Phi) is 7.52. The molecule has 0 spiro atoms. The molecule has 1 aromatic rings. The molecule has 0 aromatic heterocycles. The molecule has 1 aromatic carbocycles. The Bertz CT molecular complexity index is 876. The van der Waals surface area contributed by atoms with Crippen molar-refractivity contribution in [1.29, 1.82) is 0 Å². The minimum atomic E-state index is -3.87. The van der Waals surface area contributed by atoms with Crippen LogP contribution in [0.5, 0.6) is 0 Å². The predicted molar refractivity (Wildman–Crippen MR) is 117 cm³/mol. The summed E-state index contributed by atoms with van der Waals surface area (Å²) in [5.74, 6) is -0.142. The first kappa shape index (κ1) is 22.7. The van der Waals surface area contributed by atoms with E-state index in [4.69, 9.17) is 0 Å². The highest BCUT2D eigenvalue weighted by Crippen LogP contribution is 2.25. The second-order valence-corrected chi connectivity index (χ2v) is 10.6. The lowest BCUT2D eigenvalue weighted by Crippen LogP contribution is -2.50. The predicted octanol–water partition coefficient (Wildman–Crippen LogP) is 3.10. The summed E-state index contributed by atoms with van der Waals surface area (Å²) in [7, 11) is -3.87. The lowest BCUT2D eigenvalue weighted by molar-refractivity contribution is -0.124.